The highest BCUT2D eigenvalue weighted by molar-refractivity contribution is 6.14. The van der Waals surface area contributed by atoms with Crippen molar-refractivity contribution >= 4 is 29.0 Å². The molecule has 0 saturated carbocycles. The summed E-state index contributed by atoms with van der Waals surface area (Å²) in [6.07, 6.45) is 0. The van der Waals surface area contributed by atoms with Crippen LogP contribution in [0.4, 0.5) is 17.2 Å². The van der Waals surface area contributed by atoms with Crippen molar-refractivity contribution in [2.75, 3.05) is 0 Å². The van der Waals surface area contributed by atoms with Gasteiger partial charge in [0.05, 0.1) is 28.9 Å². The highest BCUT2D eigenvalue weighted by atomic mass is 35.5. The normalized spacial score (nSPS) is 11.8. The van der Waals surface area contributed by atoms with Crippen LogP contribution in [0.3, 0.4) is 0 Å². The first-order valence-corrected chi connectivity index (χ1v) is 7.71. The van der Waals surface area contributed by atoms with Crippen LogP contribution in [0.15, 0.2) is 55.1 Å². The van der Waals surface area contributed by atoms with Gasteiger partial charge >= 0.3 is 0 Å². The van der Waals surface area contributed by atoms with Crippen LogP contribution in [0.5, 0.6) is 0 Å². The molecule has 1 N–H and O–H groups in total. The molecular formula is C15H15ClN8O. The minimum absolute atomic E-state index is 0.202. The van der Waals surface area contributed by atoms with Crippen LogP contribution in [0.25, 0.3) is 5.69 Å². The Morgan fingerprint density at radius 2 is 1.76 bits per heavy atom. The minimum Gasteiger partial charge on any atom is -0.283 e. The summed E-state index contributed by atoms with van der Waals surface area (Å²) in [5.74, 6) is 0.202. The van der Waals surface area contributed by atoms with E-state index in [9.17, 15) is 4.79 Å². The van der Waals surface area contributed by atoms with Gasteiger partial charge in [-0.1, -0.05) is 22.8 Å². The smallest absolute Gasteiger partial charge is 0.283 e. The van der Waals surface area contributed by atoms with Crippen molar-refractivity contribution in [1.82, 2.24) is 19.6 Å². The van der Waals surface area contributed by atoms with E-state index in [2.05, 4.69) is 30.2 Å². The van der Waals surface area contributed by atoms with Crippen molar-refractivity contribution in [3.05, 3.63) is 52.1 Å². The summed E-state index contributed by atoms with van der Waals surface area (Å²) in [4.78, 5) is 12.8. The number of aromatic nitrogens is 4. The first-order chi connectivity index (χ1) is 12.0. The van der Waals surface area contributed by atoms with E-state index in [4.69, 9.17) is 11.8 Å². The van der Waals surface area contributed by atoms with E-state index >= 15 is 0 Å². The van der Waals surface area contributed by atoms with Crippen molar-refractivity contribution in [3.8, 4) is 5.69 Å². The fraction of sp³-hybridized carbons (Fsp3) is 0.200. The van der Waals surface area contributed by atoms with E-state index in [1.54, 1.807) is 25.6 Å². The Kier molecular flexibility index (Phi) is 4.57. The maximum atomic E-state index is 12.8. The first kappa shape index (κ1) is 16.8. The molecule has 0 saturated heterocycles. The molecule has 0 atom stereocenters. The lowest BCUT2D eigenvalue weighted by atomic mass is 10.3. The fourth-order valence-electron chi connectivity index (χ4n) is 2.41. The predicted molar refractivity (Wildman–Crippen MR) is 93.6 cm³/mol. The molecule has 3 aromatic rings. The predicted octanol–water partition coefficient (Wildman–Crippen LogP) is 4.17. The summed E-state index contributed by atoms with van der Waals surface area (Å²) in [6, 6.07) is 9.31. The molecule has 0 aliphatic carbocycles. The third-order valence-corrected chi connectivity index (χ3v) is 3.88. The summed E-state index contributed by atoms with van der Waals surface area (Å²) in [5.41, 5.74) is 2.41. The van der Waals surface area contributed by atoms with Crippen LogP contribution < -0.4 is 5.56 Å². The number of H-pyrrole nitrogens is 1. The van der Waals surface area contributed by atoms with Gasteiger partial charge < -0.3 is 0 Å². The van der Waals surface area contributed by atoms with Gasteiger partial charge in [-0.15, -0.1) is 15.3 Å². The second-order valence-corrected chi connectivity index (χ2v) is 5.46. The van der Waals surface area contributed by atoms with Crippen molar-refractivity contribution in [2.24, 2.45) is 27.0 Å². The minimum atomic E-state index is -0.267. The van der Waals surface area contributed by atoms with Crippen LogP contribution in [0, 0.1) is 13.8 Å². The molecule has 9 nitrogen and oxygen atoms in total. The summed E-state index contributed by atoms with van der Waals surface area (Å²) in [6.45, 7) is 3.56. The van der Waals surface area contributed by atoms with Gasteiger partial charge in [0.2, 0.25) is 5.82 Å². The summed E-state index contributed by atoms with van der Waals surface area (Å²) in [5, 5.41) is 18.5. The Bertz CT molecular complexity index is 1010. The van der Waals surface area contributed by atoms with E-state index in [-0.39, 0.29) is 17.1 Å². The number of azo groups is 1. The summed E-state index contributed by atoms with van der Waals surface area (Å²) < 4.78 is 6.43. The Hall–Kier alpha value is -3.07. The van der Waals surface area contributed by atoms with E-state index in [1.165, 1.54) is 4.68 Å². The Balaban J connectivity index is 2.08. The zero-order valence-corrected chi connectivity index (χ0v) is 14.6. The van der Waals surface area contributed by atoms with Crippen LogP contribution in [-0.2, 0) is 7.05 Å². The van der Waals surface area contributed by atoms with E-state index in [0.29, 0.717) is 17.1 Å². The average molecular weight is 359 g/mol. The molecule has 10 heteroatoms. The highest BCUT2D eigenvalue weighted by Crippen LogP contribution is 2.31. The lowest BCUT2D eigenvalue weighted by Crippen LogP contribution is -2.19. The van der Waals surface area contributed by atoms with Crippen LogP contribution in [0.1, 0.15) is 11.4 Å². The number of nitrogens with zero attached hydrogens (tertiary/aromatic N) is 7. The van der Waals surface area contributed by atoms with Crippen LogP contribution in [-0.4, -0.2) is 19.6 Å². The van der Waals surface area contributed by atoms with Crippen LogP contribution in [0.2, 0.25) is 0 Å². The van der Waals surface area contributed by atoms with E-state index < -0.39 is 0 Å². The highest BCUT2D eigenvalue weighted by Gasteiger charge is 2.16. The lowest BCUT2D eigenvalue weighted by molar-refractivity contribution is 0.630. The van der Waals surface area contributed by atoms with Crippen molar-refractivity contribution in [1.29, 1.82) is 0 Å². The second kappa shape index (κ2) is 6.81. The number of hydrogen-bond donors (Lipinski definition) is 1. The number of aromatic amines is 1. The van der Waals surface area contributed by atoms with Gasteiger partial charge in [-0.05, 0) is 26.0 Å². The molecule has 0 aliphatic rings. The maximum Gasteiger partial charge on any atom is 0.299 e. The molecule has 0 bridgehead atoms. The van der Waals surface area contributed by atoms with Crippen molar-refractivity contribution < 1.29 is 0 Å². The average Bonchev–Trinajstić information content (AvgIpc) is 3.06. The van der Waals surface area contributed by atoms with E-state index in [0.717, 1.165) is 5.69 Å². The summed E-state index contributed by atoms with van der Waals surface area (Å²) in [7, 11) is 1.79. The second-order valence-electron chi connectivity index (χ2n) is 5.31. The molecule has 0 unspecified atom stereocenters. The molecule has 2 heterocycles. The zero-order valence-electron chi connectivity index (χ0n) is 13.8. The monoisotopic (exact) mass is 358 g/mol. The fourth-order valence-corrected chi connectivity index (χ4v) is 2.48. The Morgan fingerprint density at radius 1 is 1.08 bits per heavy atom. The van der Waals surface area contributed by atoms with Gasteiger partial charge in [0, 0.05) is 7.05 Å². The standard InChI is InChI=1S/C15H15ClN8O/c1-9-12(14(20-17-9)21-22-16)18-19-13-10(2)23(3)24(15(13)25)11-7-5-4-6-8-11/h4-8H,1-3H3,(H,17,20). The van der Waals surface area contributed by atoms with Gasteiger partial charge in [-0.2, -0.15) is 5.10 Å². The number of hydrogen-bond acceptors (Lipinski definition) is 6. The number of rotatable bonds is 4. The topological polar surface area (TPSA) is 105 Å². The van der Waals surface area contributed by atoms with Crippen LogP contribution >= 0.6 is 11.8 Å². The van der Waals surface area contributed by atoms with Gasteiger partial charge in [0.1, 0.15) is 0 Å². The number of nitrogens with one attached hydrogen (secondary N) is 1. The number of aryl methyl sites for hydroxylation is 1. The van der Waals surface area contributed by atoms with Crippen molar-refractivity contribution in [3.63, 3.8) is 0 Å². The molecule has 25 heavy (non-hydrogen) atoms. The van der Waals surface area contributed by atoms with Gasteiger partial charge in [0.15, 0.2) is 11.4 Å². The van der Waals surface area contributed by atoms with Gasteiger partial charge in [-0.25, -0.2) is 4.68 Å². The van der Waals surface area contributed by atoms with Gasteiger partial charge in [0.25, 0.3) is 5.56 Å². The largest absolute Gasteiger partial charge is 0.299 e. The van der Waals surface area contributed by atoms with Gasteiger partial charge in [-0.3, -0.25) is 14.6 Å². The number of benzene rings is 1. The maximum absolute atomic E-state index is 12.8. The zero-order chi connectivity index (χ0) is 18.0. The molecule has 0 spiro atoms. The SMILES string of the molecule is Cc1[nH]nc(N=NCl)c1N=Nc1c(C)n(C)n(-c2ccccc2)c1=O. The number of halogens is 1. The molecular weight excluding hydrogens is 344 g/mol. The first-order valence-electron chi connectivity index (χ1n) is 7.37. The Labute approximate surface area is 147 Å². The molecule has 2 aromatic heterocycles. The lowest BCUT2D eigenvalue weighted by Gasteiger charge is -2.07. The molecule has 0 amide bonds. The molecule has 1 aromatic carbocycles. The van der Waals surface area contributed by atoms with E-state index in [1.807, 2.05) is 30.3 Å². The quantitative estimate of drug-likeness (QED) is 0.707. The number of para-hydroxylation sites is 1. The molecule has 0 aliphatic heterocycles. The molecule has 128 valence electrons. The molecule has 3 rings (SSSR count). The molecule has 0 radical (unpaired) electrons. The Morgan fingerprint density at radius 3 is 2.44 bits per heavy atom. The molecule has 0 fully saturated rings. The third-order valence-electron chi connectivity index (χ3n) is 3.80. The van der Waals surface area contributed by atoms with Crippen molar-refractivity contribution in [2.45, 2.75) is 13.8 Å². The summed E-state index contributed by atoms with van der Waals surface area (Å²) >= 11 is 5.25. The third kappa shape index (κ3) is 3.01.